The minimum absolute atomic E-state index is 0.186. The summed E-state index contributed by atoms with van der Waals surface area (Å²) in [6, 6.07) is 12.0. The average Bonchev–Trinajstić information content (AvgIpc) is 3.25. The third kappa shape index (κ3) is 3.56. The molecule has 4 rings (SSSR count). The summed E-state index contributed by atoms with van der Waals surface area (Å²) < 4.78 is 1.86. The number of pyridine rings is 1. The quantitative estimate of drug-likeness (QED) is 0.794. The molecule has 1 aliphatic rings. The molecule has 0 saturated carbocycles. The van der Waals surface area contributed by atoms with Crippen molar-refractivity contribution >= 4 is 17.2 Å². The molecule has 1 amide bonds. The molecule has 1 fully saturated rings. The molecule has 5 nitrogen and oxygen atoms in total. The van der Waals surface area contributed by atoms with E-state index in [1.54, 1.807) is 6.20 Å². The lowest BCUT2D eigenvalue weighted by Crippen LogP contribution is -2.18. The lowest BCUT2D eigenvalue weighted by molar-refractivity contribution is 0.102. The Labute approximate surface area is 147 Å². The van der Waals surface area contributed by atoms with Crippen LogP contribution in [0.3, 0.4) is 0 Å². The summed E-state index contributed by atoms with van der Waals surface area (Å²) in [7, 11) is 0. The second-order valence-electron chi connectivity index (χ2n) is 6.73. The monoisotopic (exact) mass is 334 g/mol. The van der Waals surface area contributed by atoms with E-state index in [4.69, 9.17) is 0 Å². The maximum atomic E-state index is 12.4. The van der Waals surface area contributed by atoms with Crippen molar-refractivity contribution in [1.82, 2.24) is 14.3 Å². The third-order valence-electron chi connectivity index (χ3n) is 4.67. The molecule has 0 spiro atoms. The van der Waals surface area contributed by atoms with Gasteiger partial charge in [0.2, 0.25) is 0 Å². The summed E-state index contributed by atoms with van der Waals surface area (Å²) in [4.78, 5) is 19.3. The van der Waals surface area contributed by atoms with Crippen LogP contribution in [0.5, 0.6) is 0 Å². The zero-order valence-electron chi connectivity index (χ0n) is 14.4. The van der Waals surface area contributed by atoms with Gasteiger partial charge in [-0.3, -0.25) is 9.69 Å². The Bertz CT molecular complexity index is 892. The number of nitrogens with zero attached hydrogens (tertiary/aromatic N) is 3. The number of benzene rings is 1. The molecule has 3 aromatic rings. The molecule has 0 unspecified atom stereocenters. The molecule has 25 heavy (non-hydrogen) atoms. The molecule has 128 valence electrons. The Kier molecular flexibility index (Phi) is 4.24. The standard InChI is InChI=1S/C20H22N4O/c1-15-8-11-24-14-18(22-19(24)12-15)20(25)21-17-6-4-16(5-7-17)13-23-9-2-3-10-23/h4-8,11-12,14H,2-3,9-10,13H2,1H3,(H,21,25). The van der Waals surface area contributed by atoms with E-state index >= 15 is 0 Å². The number of imidazole rings is 1. The van der Waals surface area contributed by atoms with Gasteiger partial charge in [-0.1, -0.05) is 12.1 Å². The normalized spacial score (nSPS) is 14.9. The summed E-state index contributed by atoms with van der Waals surface area (Å²) >= 11 is 0. The zero-order chi connectivity index (χ0) is 17.2. The number of aryl methyl sites for hydroxylation is 1. The third-order valence-corrected chi connectivity index (χ3v) is 4.67. The first-order valence-corrected chi connectivity index (χ1v) is 8.75. The number of anilines is 1. The first-order chi connectivity index (χ1) is 12.2. The Hall–Kier alpha value is -2.66. The van der Waals surface area contributed by atoms with E-state index in [-0.39, 0.29) is 5.91 Å². The number of aromatic nitrogens is 2. The van der Waals surface area contributed by atoms with Gasteiger partial charge in [0.15, 0.2) is 0 Å². The molecule has 0 radical (unpaired) electrons. The molecule has 5 heteroatoms. The number of likely N-dealkylation sites (tertiary alicyclic amines) is 1. The Morgan fingerprint density at radius 1 is 1.16 bits per heavy atom. The number of nitrogens with one attached hydrogen (secondary N) is 1. The summed E-state index contributed by atoms with van der Waals surface area (Å²) in [5.41, 5.74) is 4.41. The van der Waals surface area contributed by atoms with E-state index in [1.807, 2.05) is 41.8 Å². The first-order valence-electron chi connectivity index (χ1n) is 8.75. The summed E-state index contributed by atoms with van der Waals surface area (Å²) in [5, 5.41) is 2.93. The van der Waals surface area contributed by atoms with Crippen LogP contribution in [0.25, 0.3) is 5.65 Å². The number of hydrogen-bond donors (Lipinski definition) is 1. The van der Waals surface area contributed by atoms with Crippen LogP contribution in [0, 0.1) is 6.92 Å². The molecular formula is C20H22N4O. The SMILES string of the molecule is Cc1ccn2cc(C(=O)Nc3ccc(CN4CCCC4)cc3)nc2c1. The van der Waals surface area contributed by atoms with Crippen LogP contribution in [0.2, 0.25) is 0 Å². The zero-order valence-corrected chi connectivity index (χ0v) is 14.4. The molecule has 1 aromatic carbocycles. The van der Waals surface area contributed by atoms with E-state index in [2.05, 4.69) is 27.3 Å². The van der Waals surface area contributed by atoms with Gasteiger partial charge in [-0.15, -0.1) is 0 Å². The largest absolute Gasteiger partial charge is 0.321 e. The number of amides is 1. The minimum Gasteiger partial charge on any atom is -0.321 e. The molecular weight excluding hydrogens is 312 g/mol. The van der Waals surface area contributed by atoms with E-state index in [1.165, 1.54) is 31.5 Å². The number of carbonyl (C=O) groups is 1. The smallest absolute Gasteiger partial charge is 0.275 e. The summed E-state index contributed by atoms with van der Waals surface area (Å²) in [6.45, 7) is 5.37. The highest BCUT2D eigenvalue weighted by atomic mass is 16.1. The van der Waals surface area contributed by atoms with Crippen molar-refractivity contribution in [2.75, 3.05) is 18.4 Å². The van der Waals surface area contributed by atoms with Gasteiger partial charge in [0.1, 0.15) is 11.3 Å². The van der Waals surface area contributed by atoms with Crippen molar-refractivity contribution < 1.29 is 4.79 Å². The van der Waals surface area contributed by atoms with Gasteiger partial charge >= 0.3 is 0 Å². The van der Waals surface area contributed by atoms with E-state index in [0.717, 1.165) is 23.4 Å². The molecule has 3 heterocycles. The van der Waals surface area contributed by atoms with Gasteiger partial charge in [0, 0.05) is 24.6 Å². The molecule has 1 saturated heterocycles. The fourth-order valence-corrected chi connectivity index (χ4v) is 3.28. The number of hydrogen-bond acceptors (Lipinski definition) is 3. The molecule has 0 atom stereocenters. The Morgan fingerprint density at radius 2 is 1.92 bits per heavy atom. The predicted molar refractivity (Wildman–Crippen MR) is 98.8 cm³/mol. The highest BCUT2D eigenvalue weighted by molar-refractivity contribution is 6.03. The van der Waals surface area contributed by atoms with Crippen LogP contribution in [-0.4, -0.2) is 33.3 Å². The van der Waals surface area contributed by atoms with Crippen molar-refractivity contribution in [2.45, 2.75) is 26.3 Å². The predicted octanol–water partition coefficient (Wildman–Crippen LogP) is 3.49. The fourth-order valence-electron chi connectivity index (χ4n) is 3.28. The van der Waals surface area contributed by atoms with Crippen molar-refractivity contribution in [2.24, 2.45) is 0 Å². The van der Waals surface area contributed by atoms with Crippen molar-refractivity contribution in [3.8, 4) is 0 Å². The molecule has 2 aromatic heterocycles. The maximum Gasteiger partial charge on any atom is 0.275 e. The van der Waals surface area contributed by atoms with E-state index in [9.17, 15) is 4.79 Å². The van der Waals surface area contributed by atoms with Crippen molar-refractivity contribution in [3.05, 3.63) is 65.6 Å². The molecule has 0 bridgehead atoms. The van der Waals surface area contributed by atoms with E-state index < -0.39 is 0 Å². The van der Waals surface area contributed by atoms with Gasteiger partial charge in [-0.05, 0) is 68.2 Å². The lowest BCUT2D eigenvalue weighted by atomic mass is 10.2. The van der Waals surface area contributed by atoms with Crippen molar-refractivity contribution in [1.29, 1.82) is 0 Å². The average molecular weight is 334 g/mol. The highest BCUT2D eigenvalue weighted by Crippen LogP contribution is 2.16. The van der Waals surface area contributed by atoms with Crippen LogP contribution >= 0.6 is 0 Å². The van der Waals surface area contributed by atoms with E-state index in [0.29, 0.717) is 5.69 Å². The summed E-state index contributed by atoms with van der Waals surface area (Å²) in [5.74, 6) is -0.186. The van der Waals surface area contributed by atoms with Gasteiger partial charge < -0.3 is 9.72 Å². The summed E-state index contributed by atoms with van der Waals surface area (Å²) in [6.07, 6.45) is 6.27. The topological polar surface area (TPSA) is 49.6 Å². The fraction of sp³-hybridized carbons (Fsp3) is 0.300. The van der Waals surface area contributed by atoms with Crippen LogP contribution in [-0.2, 0) is 6.54 Å². The van der Waals surface area contributed by atoms with Crippen LogP contribution in [0.15, 0.2) is 48.8 Å². The lowest BCUT2D eigenvalue weighted by Gasteiger charge is -2.14. The van der Waals surface area contributed by atoms with Gasteiger partial charge in [-0.2, -0.15) is 0 Å². The van der Waals surface area contributed by atoms with Crippen LogP contribution < -0.4 is 5.32 Å². The minimum atomic E-state index is -0.186. The van der Waals surface area contributed by atoms with Gasteiger partial charge in [0.25, 0.3) is 5.91 Å². The van der Waals surface area contributed by atoms with Crippen LogP contribution in [0.1, 0.15) is 34.5 Å². The van der Waals surface area contributed by atoms with Crippen molar-refractivity contribution in [3.63, 3.8) is 0 Å². The van der Waals surface area contributed by atoms with Gasteiger partial charge in [-0.25, -0.2) is 4.98 Å². The van der Waals surface area contributed by atoms with Crippen LogP contribution in [0.4, 0.5) is 5.69 Å². The Balaban J connectivity index is 1.44. The number of carbonyl (C=O) groups excluding carboxylic acids is 1. The number of fused-ring (bicyclic) bond motifs is 1. The second-order valence-corrected chi connectivity index (χ2v) is 6.73. The molecule has 1 aliphatic heterocycles. The first kappa shape index (κ1) is 15.8. The molecule has 0 aliphatic carbocycles. The molecule has 1 N–H and O–H groups in total. The second kappa shape index (κ2) is 6.69. The maximum absolute atomic E-state index is 12.4. The van der Waals surface area contributed by atoms with Gasteiger partial charge in [0.05, 0.1) is 0 Å². The Morgan fingerprint density at radius 3 is 2.68 bits per heavy atom. The number of rotatable bonds is 4. The highest BCUT2D eigenvalue weighted by Gasteiger charge is 2.13.